The Bertz CT molecular complexity index is 1470. The summed E-state index contributed by atoms with van der Waals surface area (Å²) >= 11 is 0. The van der Waals surface area contributed by atoms with Crippen LogP contribution in [0.4, 0.5) is 23.5 Å². The third-order valence-corrected chi connectivity index (χ3v) is 7.17. The molecule has 0 aliphatic carbocycles. The Morgan fingerprint density at radius 1 is 0.667 bits per heavy atom. The number of fused-ring (bicyclic) bond motifs is 2. The minimum Gasteiger partial charge on any atom is -0.394 e. The highest BCUT2D eigenvalue weighted by molar-refractivity contribution is 5.85. The normalized spacial score (nSPS) is 29.6. The third kappa shape index (κ3) is 4.68. The zero-order valence-electron chi connectivity index (χ0n) is 21.8. The fourth-order valence-corrected chi connectivity index (χ4v) is 5.07. The number of aliphatic hydroxyl groups excluding tert-OH is 6. The molecule has 226 valence electrons. The second-order valence-electron chi connectivity index (χ2n) is 9.82. The maximum absolute atomic E-state index is 10.4. The summed E-state index contributed by atoms with van der Waals surface area (Å²) in [6, 6.07) is 0. The fourth-order valence-electron chi connectivity index (χ4n) is 5.07. The zero-order chi connectivity index (χ0) is 29.7. The molecule has 0 amide bonds. The average Bonchev–Trinajstić information content (AvgIpc) is 3.72. The predicted molar refractivity (Wildman–Crippen MR) is 142 cm³/mol. The van der Waals surface area contributed by atoms with Gasteiger partial charge in [0.05, 0.1) is 25.9 Å². The number of nitrogens with two attached hydrogens (primary N) is 2. The van der Waals surface area contributed by atoms with Gasteiger partial charge < -0.3 is 62.2 Å². The van der Waals surface area contributed by atoms with E-state index in [0.29, 0.717) is 22.7 Å². The van der Waals surface area contributed by atoms with Crippen LogP contribution in [0.25, 0.3) is 22.3 Å². The van der Waals surface area contributed by atoms with E-state index >= 15 is 0 Å². The van der Waals surface area contributed by atoms with Crippen LogP contribution in [0.3, 0.4) is 0 Å². The smallest absolute Gasteiger partial charge is 0.224 e. The van der Waals surface area contributed by atoms with Gasteiger partial charge in [-0.1, -0.05) is 0 Å². The second kappa shape index (κ2) is 11.0. The van der Waals surface area contributed by atoms with E-state index < -0.39 is 62.3 Å². The molecule has 4 aromatic heterocycles. The lowest BCUT2D eigenvalue weighted by molar-refractivity contribution is -0.0511. The largest absolute Gasteiger partial charge is 0.394 e. The van der Waals surface area contributed by atoms with Crippen LogP contribution < -0.4 is 22.1 Å². The summed E-state index contributed by atoms with van der Waals surface area (Å²) in [7, 11) is 0. The third-order valence-electron chi connectivity index (χ3n) is 7.17. The van der Waals surface area contributed by atoms with Gasteiger partial charge in [-0.3, -0.25) is 9.13 Å². The molecule has 0 unspecified atom stereocenters. The summed E-state index contributed by atoms with van der Waals surface area (Å²) < 4.78 is 14.0. The maximum Gasteiger partial charge on any atom is 0.224 e. The number of hydrogen-bond acceptors (Lipinski definition) is 18. The van der Waals surface area contributed by atoms with E-state index in [9.17, 15) is 30.6 Å². The first kappa shape index (κ1) is 28.1. The standard InChI is InChI=1S/C22H30N12O8/c23-21-29-15(9-17(31-21)33(5-27-9)19-13(39)11(37)7(3-35)41-19)25-1-2-26-16-10-18(32-22(24)30-16)34(6-28-10)20-14(40)12(38)8(4-36)42-20/h5-8,11-14,19-20,35-40H,1-4H2,(H3,23,25,29,31)(H3,24,26,30,32)/t7-,8+,11-,12+,13-,14+,19-,20+. The van der Waals surface area contributed by atoms with Crippen molar-refractivity contribution in [1.82, 2.24) is 39.0 Å². The van der Waals surface area contributed by atoms with Crippen LogP contribution in [0, 0.1) is 0 Å². The fraction of sp³-hybridized carbons (Fsp3) is 0.545. The van der Waals surface area contributed by atoms with Crippen molar-refractivity contribution in [3.8, 4) is 0 Å². The molecule has 2 fully saturated rings. The molecule has 8 atom stereocenters. The summed E-state index contributed by atoms with van der Waals surface area (Å²) in [6.45, 7) is -0.390. The number of ether oxygens (including phenoxy) is 2. The van der Waals surface area contributed by atoms with Gasteiger partial charge in [-0.25, -0.2) is 9.97 Å². The number of imidazole rings is 2. The van der Waals surface area contributed by atoms with Crippen LogP contribution >= 0.6 is 0 Å². The van der Waals surface area contributed by atoms with Gasteiger partial charge in [0.25, 0.3) is 0 Å². The SMILES string of the molecule is Nc1nc(NCCNc2nc(N)nc3c2ncn3[C@H]2O[C@@H](CO)[C@H](O)[C@@H]2O)c2ncn([C@@H]3O[C@H](CO)[C@@H](O)[C@H]3O)c2n1. The monoisotopic (exact) mass is 590 g/mol. The molecule has 0 radical (unpaired) electrons. The van der Waals surface area contributed by atoms with Crippen LogP contribution in [0.1, 0.15) is 12.5 Å². The molecule has 2 aliphatic heterocycles. The highest BCUT2D eigenvalue weighted by Crippen LogP contribution is 2.34. The molecule has 0 bridgehead atoms. The van der Waals surface area contributed by atoms with Crippen molar-refractivity contribution < 1.29 is 40.1 Å². The number of aromatic nitrogens is 8. The summed E-state index contributed by atoms with van der Waals surface area (Å²) in [5, 5.41) is 66.1. The Morgan fingerprint density at radius 3 is 1.43 bits per heavy atom. The molecule has 20 nitrogen and oxygen atoms in total. The molecule has 2 aliphatic rings. The molecule has 0 saturated carbocycles. The van der Waals surface area contributed by atoms with E-state index in [1.807, 2.05) is 0 Å². The first-order chi connectivity index (χ1) is 20.2. The lowest BCUT2D eigenvalue weighted by atomic mass is 10.1. The Morgan fingerprint density at radius 2 is 1.07 bits per heavy atom. The summed E-state index contributed by atoms with van der Waals surface area (Å²) in [4.78, 5) is 25.5. The number of rotatable bonds is 9. The van der Waals surface area contributed by atoms with Crippen molar-refractivity contribution in [3.05, 3.63) is 12.7 Å². The van der Waals surface area contributed by atoms with Crippen LogP contribution in [-0.4, -0.2) is 133 Å². The number of nitrogens with one attached hydrogen (secondary N) is 2. The number of nitrogens with zero attached hydrogens (tertiary/aromatic N) is 8. The van der Waals surface area contributed by atoms with Gasteiger partial charge >= 0.3 is 0 Å². The lowest BCUT2D eigenvalue weighted by Crippen LogP contribution is -2.33. The highest BCUT2D eigenvalue weighted by atomic mass is 16.6. The van der Waals surface area contributed by atoms with Gasteiger partial charge in [-0.05, 0) is 0 Å². The quantitative estimate of drug-likeness (QED) is 0.0827. The summed E-state index contributed by atoms with van der Waals surface area (Å²) in [6.07, 6.45) is -6.57. The van der Waals surface area contributed by atoms with E-state index in [0.717, 1.165) is 0 Å². The summed E-state index contributed by atoms with van der Waals surface area (Å²) in [5.41, 5.74) is 13.0. The van der Waals surface area contributed by atoms with Gasteiger partial charge in [-0.2, -0.15) is 19.9 Å². The number of anilines is 4. The zero-order valence-corrected chi connectivity index (χ0v) is 21.8. The van der Waals surface area contributed by atoms with E-state index in [-0.39, 0.29) is 36.3 Å². The van der Waals surface area contributed by atoms with Crippen molar-refractivity contribution in [2.24, 2.45) is 0 Å². The van der Waals surface area contributed by atoms with Crippen LogP contribution in [0.5, 0.6) is 0 Å². The van der Waals surface area contributed by atoms with E-state index in [1.165, 1.54) is 21.8 Å². The molecule has 6 rings (SSSR count). The molecular weight excluding hydrogens is 560 g/mol. The van der Waals surface area contributed by atoms with Crippen LogP contribution in [-0.2, 0) is 9.47 Å². The molecule has 6 heterocycles. The van der Waals surface area contributed by atoms with E-state index in [1.54, 1.807) is 0 Å². The Hall–Kier alpha value is -4.02. The van der Waals surface area contributed by atoms with E-state index in [2.05, 4.69) is 40.5 Å². The molecule has 2 saturated heterocycles. The van der Waals surface area contributed by atoms with Gasteiger partial charge in [0.2, 0.25) is 11.9 Å². The van der Waals surface area contributed by atoms with Gasteiger partial charge in [0.1, 0.15) is 36.6 Å². The molecule has 0 spiro atoms. The molecule has 4 aromatic rings. The number of hydrogen-bond donors (Lipinski definition) is 10. The van der Waals surface area contributed by atoms with Crippen molar-refractivity contribution in [2.75, 3.05) is 48.4 Å². The Kier molecular flexibility index (Phi) is 7.36. The van der Waals surface area contributed by atoms with Crippen LogP contribution in [0.15, 0.2) is 12.7 Å². The molecule has 20 heteroatoms. The molecule has 0 aromatic carbocycles. The Labute approximate surface area is 235 Å². The maximum atomic E-state index is 10.4. The van der Waals surface area contributed by atoms with E-state index in [4.69, 9.17) is 20.9 Å². The minimum atomic E-state index is -1.33. The van der Waals surface area contributed by atoms with Gasteiger partial charge in [-0.15, -0.1) is 0 Å². The number of nitrogen functional groups attached to an aromatic ring is 2. The predicted octanol–water partition coefficient (Wildman–Crippen LogP) is -4.12. The van der Waals surface area contributed by atoms with Crippen molar-refractivity contribution >= 4 is 45.9 Å². The first-order valence-corrected chi connectivity index (χ1v) is 12.9. The summed E-state index contributed by atoms with van der Waals surface area (Å²) in [5.74, 6) is 0.441. The molecular formula is C22H30N12O8. The average molecular weight is 591 g/mol. The van der Waals surface area contributed by atoms with Gasteiger partial charge in [0, 0.05) is 13.1 Å². The highest BCUT2D eigenvalue weighted by Gasteiger charge is 2.45. The molecule has 42 heavy (non-hydrogen) atoms. The Balaban J connectivity index is 1.17. The topological polar surface area (TPSA) is 303 Å². The minimum absolute atomic E-state index is 0.0767. The number of aliphatic hydroxyl groups is 6. The lowest BCUT2D eigenvalue weighted by Gasteiger charge is -2.17. The first-order valence-electron chi connectivity index (χ1n) is 12.9. The van der Waals surface area contributed by atoms with Crippen molar-refractivity contribution in [2.45, 2.75) is 49.1 Å². The van der Waals surface area contributed by atoms with Gasteiger partial charge in [0.15, 0.2) is 46.4 Å². The van der Waals surface area contributed by atoms with Crippen molar-refractivity contribution in [3.63, 3.8) is 0 Å². The molecule has 12 N–H and O–H groups in total. The van der Waals surface area contributed by atoms with Crippen molar-refractivity contribution in [1.29, 1.82) is 0 Å². The van der Waals surface area contributed by atoms with Crippen LogP contribution in [0.2, 0.25) is 0 Å². The second-order valence-corrected chi connectivity index (χ2v) is 9.82.